The van der Waals surface area contributed by atoms with E-state index in [9.17, 15) is 0 Å². The third-order valence-electron chi connectivity index (χ3n) is 2.06. The molecule has 0 aliphatic carbocycles. The molecule has 2 unspecified atom stereocenters. The number of nitrogens with one attached hydrogen (secondary N) is 1. The van der Waals surface area contributed by atoms with Gasteiger partial charge >= 0.3 is 0 Å². The Hall–Kier alpha value is -0.0800. The van der Waals surface area contributed by atoms with Gasteiger partial charge in [0.15, 0.2) is 0 Å². The molecule has 0 rings (SSSR count). The maximum Gasteiger partial charge on any atom is 0.0558 e. The molecule has 0 fully saturated rings. The van der Waals surface area contributed by atoms with Crippen LogP contribution >= 0.6 is 0 Å². The molecule has 0 saturated heterocycles. The number of hydrogen-bond acceptors (Lipinski definition) is 2. The molecule has 0 bridgehead atoms. The fraction of sp³-hybridized carbons (Fsp3) is 1.00. The number of hydrogen-bond donors (Lipinski definition) is 1. The van der Waals surface area contributed by atoms with Crippen molar-refractivity contribution in [3.05, 3.63) is 0 Å². The van der Waals surface area contributed by atoms with Crippen LogP contribution in [0.2, 0.25) is 0 Å². The van der Waals surface area contributed by atoms with Crippen LogP contribution in [0.3, 0.4) is 0 Å². The Morgan fingerprint density at radius 3 is 2.45 bits per heavy atom. The Morgan fingerprint density at radius 2 is 2.09 bits per heavy atom. The molecule has 2 atom stereocenters. The third-order valence-corrected chi connectivity index (χ3v) is 2.06. The predicted octanol–water partition coefficient (Wildman–Crippen LogP) is 1.80. The van der Waals surface area contributed by atoms with Crippen LogP contribution in [0.1, 0.15) is 33.1 Å². The Morgan fingerprint density at radius 1 is 1.45 bits per heavy atom. The van der Waals surface area contributed by atoms with Crippen molar-refractivity contribution in [2.45, 2.75) is 45.3 Å². The molecule has 0 heterocycles. The first kappa shape index (κ1) is 10.9. The van der Waals surface area contributed by atoms with Gasteiger partial charge in [0.05, 0.1) is 6.10 Å². The van der Waals surface area contributed by atoms with Gasteiger partial charge in [0, 0.05) is 13.2 Å². The fourth-order valence-corrected chi connectivity index (χ4v) is 1.23. The second-order valence-electron chi connectivity index (χ2n) is 3.06. The number of rotatable bonds is 6. The van der Waals surface area contributed by atoms with E-state index in [4.69, 9.17) is 4.74 Å². The summed E-state index contributed by atoms with van der Waals surface area (Å²) in [6, 6.07) is 0.620. The Bertz CT molecular complexity index is 85.6. The van der Waals surface area contributed by atoms with E-state index >= 15 is 0 Å². The molecule has 0 aromatic heterocycles. The smallest absolute Gasteiger partial charge is 0.0558 e. The molecule has 0 saturated carbocycles. The first-order chi connectivity index (χ1) is 5.24. The monoisotopic (exact) mass is 159 g/mol. The van der Waals surface area contributed by atoms with Crippen molar-refractivity contribution in [3.8, 4) is 0 Å². The summed E-state index contributed by atoms with van der Waals surface area (Å²) >= 11 is 0. The predicted molar refractivity (Wildman–Crippen MR) is 48.8 cm³/mol. The minimum Gasteiger partial charge on any atom is -0.382 e. The maximum atomic E-state index is 5.19. The highest BCUT2D eigenvalue weighted by Crippen LogP contribution is 2.06. The van der Waals surface area contributed by atoms with Crippen molar-refractivity contribution in [2.24, 2.45) is 0 Å². The van der Waals surface area contributed by atoms with Crippen molar-refractivity contribution in [2.75, 3.05) is 14.2 Å². The molecule has 0 aliphatic heterocycles. The molecule has 1 N–H and O–H groups in total. The van der Waals surface area contributed by atoms with E-state index in [1.807, 2.05) is 7.05 Å². The van der Waals surface area contributed by atoms with Gasteiger partial charge in [0.2, 0.25) is 0 Å². The van der Waals surface area contributed by atoms with Gasteiger partial charge in [0.25, 0.3) is 0 Å². The fourth-order valence-electron chi connectivity index (χ4n) is 1.23. The lowest BCUT2D eigenvalue weighted by Crippen LogP contribution is -2.29. The summed E-state index contributed by atoms with van der Waals surface area (Å²) in [5.41, 5.74) is 0. The minimum absolute atomic E-state index is 0.374. The van der Waals surface area contributed by atoms with E-state index in [0.29, 0.717) is 12.1 Å². The normalized spacial score (nSPS) is 16.4. The zero-order valence-electron chi connectivity index (χ0n) is 8.18. The molecule has 2 heteroatoms. The summed E-state index contributed by atoms with van der Waals surface area (Å²) in [7, 11) is 3.78. The SMILES string of the molecule is CCCC(CC(C)OC)NC. The Balaban J connectivity index is 3.49. The number of ether oxygens (including phenoxy) is 1. The lowest BCUT2D eigenvalue weighted by Gasteiger charge is -2.18. The highest BCUT2D eigenvalue weighted by molar-refractivity contribution is 4.67. The summed E-state index contributed by atoms with van der Waals surface area (Å²) in [6.07, 6.45) is 3.96. The van der Waals surface area contributed by atoms with Crippen LogP contribution in [-0.4, -0.2) is 26.3 Å². The van der Waals surface area contributed by atoms with E-state index in [2.05, 4.69) is 19.2 Å². The highest BCUT2D eigenvalue weighted by Gasteiger charge is 2.08. The molecule has 0 aromatic carbocycles. The van der Waals surface area contributed by atoms with Crippen LogP contribution in [0.5, 0.6) is 0 Å². The van der Waals surface area contributed by atoms with Gasteiger partial charge < -0.3 is 10.1 Å². The van der Waals surface area contributed by atoms with Crippen molar-refractivity contribution >= 4 is 0 Å². The second-order valence-corrected chi connectivity index (χ2v) is 3.06. The molecule has 0 aromatic rings. The molecular formula is C9H21NO. The largest absolute Gasteiger partial charge is 0.382 e. The van der Waals surface area contributed by atoms with Gasteiger partial charge in [-0.3, -0.25) is 0 Å². The van der Waals surface area contributed by atoms with Crippen LogP contribution < -0.4 is 5.32 Å². The van der Waals surface area contributed by atoms with Gasteiger partial charge in [-0.05, 0) is 26.8 Å². The zero-order valence-corrected chi connectivity index (χ0v) is 8.18. The molecule has 11 heavy (non-hydrogen) atoms. The summed E-state index contributed by atoms with van der Waals surface area (Å²) < 4.78 is 5.19. The first-order valence-corrected chi connectivity index (χ1v) is 4.44. The maximum absolute atomic E-state index is 5.19. The molecule has 68 valence electrons. The summed E-state index contributed by atoms with van der Waals surface area (Å²) in [5.74, 6) is 0. The molecule has 2 nitrogen and oxygen atoms in total. The van der Waals surface area contributed by atoms with Crippen molar-refractivity contribution in [3.63, 3.8) is 0 Å². The lowest BCUT2D eigenvalue weighted by atomic mass is 10.1. The highest BCUT2D eigenvalue weighted by atomic mass is 16.5. The van der Waals surface area contributed by atoms with Crippen molar-refractivity contribution in [1.82, 2.24) is 5.32 Å². The molecule has 0 radical (unpaired) electrons. The van der Waals surface area contributed by atoms with Crippen LogP contribution in [0.4, 0.5) is 0 Å². The van der Waals surface area contributed by atoms with Crippen LogP contribution in [0.15, 0.2) is 0 Å². The van der Waals surface area contributed by atoms with E-state index < -0.39 is 0 Å². The molecular weight excluding hydrogens is 138 g/mol. The van der Waals surface area contributed by atoms with Gasteiger partial charge in [-0.1, -0.05) is 13.3 Å². The van der Waals surface area contributed by atoms with Crippen LogP contribution in [-0.2, 0) is 4.74 Å². The van der Waals surface area contributed by atoms with E-state index in [1.54, 1.807) is 7.11 Å². The summed E-state index contributed by atoms with van der Waals surface area (Å²) in [5, 5.41) is 3.29. The molecule has 0 aliphatic rings. The minimum atomic E-state index is 0.374. The second kappa shape index (κ2) is 6.62. The Labute approximate surface area is 70.3 Å². The average Bonchev–Trinajstić information content (AvgIpc) is 2.03. The van der Waals surface area contributed by atoms with E-state index in [-0.39, 0.29) is 0 Å². The van der Waals surface area contributed by atoms with Gasteiger partial charge in [0.1, 0.15) is 0 Å². The van der Waals surface area contributed by atoms with Crippen LogP contribution in [0, 0.1) is 0 Å². The average molecular weight is 159 g/mol. The molecule has 0 amide bonds. The van der Waals surface area contributed by atoms with Gasteiger partial charge in [-0.25, -0.2) is 0 Å². The quantitative estimate of drug-likeness (QED) is 0.638. The lowest BCUT2D eigenvalue weighted by molar-refractivity contribution is 0.100. The zero-order chi connectivity index (χ0) is 8.69. The first-order valence-electron chi connectivity index (χ1n) is 4.44. The van der Waals surface area contributed by atoms with E-state index in [0.717, 1.165) is 6.42 Å². The standard InChI is InChI=1S/C9H21NO/c1-5-6-9(10-3)7-8(2)11-4/h8-10H,5-7H2,1-4H3. The Kier molecular flexibility index (Phi) is 6.57. The van der Waals surface area contributed by atoms with Crippen molar-refractivity contribution < 1.29 is 4.74 Å². The summed E-state index contributed by atoms with van der Waals surface area (Å²) in [4.78, 5) is 0. The number of methoxy groups -OCH3 is 1. The topological polar surface area (TPSA) is 21.3 Å². The van der Waals surface area contributed by atoms with Crippen LogP contribution in [0.25, 0.3) is 0 Å². The van der Waals surface area contributed by atoms with Crippen molar-refractivity contribution in [1.29, 1.82) is 0 Å². The van der Waals surface area contributed by atoms with Gasteiger partial charge in [-0.2, -0.15) is 0 Å². The summed E-state index contributed by atoms with van der Waals surface area (Å²) in [6.45, 7) is 4.32. The molecule has 0 spiro atoms. The third kappa shape index (κ3) is 5.22. The van der Waals surface area contributed by atoms with Gasteiger partial charge in [-0.15, -0.1) is 0 Å². The van der Waals surface area contributed by atoms with E-state index in [1.165, 1.54) is 12.8 Å².